The Morgan fingerprint density at radius 1 is 1.46 bits per heavy atom. The molecule has 13 heavy (non-hydrogen) atoms. The van der Waals surface area contributed by atoms with Crippen molar-refractivity contribution in [2.24, 2.45) is 5.41 Å². The average molecular weight is 206 g/mol. The fraction of sp³-hybridized carbons (Fsp3) is 1.00. The summed E-state index contributed by atoms with van der Waals surface area (Å²) >= 11 is 5.85. The van der Waals surface area contributed by atoms with E-state index in [4.69, 9.17) is 16.3 Å². The summed E-state index contributed by atoms with van der Waals surface area (Å²) in [6.45, 7) is 6.91. The SMILES string of the molecule is CC(C)OCCNCC1(CCl)CC1. The lowest BCUT2D eigenvalue weighted by Gasteiger charge is -2.13. The molecule has 0 atom stereocenters. The van der Waals surface area contributed by atoms with Crippen LogP contribution in [0.4, 0.5) is 0 Å². The van der Waals surface area contributed by atoms with E-state index in [1.165, 1.54) is 12.8 Å². The number of ether oxygens (including phenoxy) is 1. The van der Waals surface area contributed by atoms with Gasteiger partial charge in [-0.2, -0.15) is 0 Å². The van der Waals surface area contributed by atoms with Gasteiger partial charge in [0.05, 0.1) is 12.7 Å². The zero-order valence-electron chi connectivity index (χ0n) is 8.61. The van der Waals surface area contributed by atoms with E-state index in [1.54, 1.807) is 0 Å². The maximum Gasteiger partial charge on any atom is 0.0594 e. The highest BCUT2D eigenvalue weighted by atomic mass is 35.5. The molecule has 0 aliphatic heterocycles. The minimum atomic E-state index is 0.338. The first-order valence-corrected chi connectivity index (χ1v) is 5.60. The summed E-state index contributed by atoms with van der Waals surface area (Å²) in [4.78, 5) is 0. The van der Waals surface area contributed by atoms with Gasteiger partial charge in [0.2, 0.25) is 0 Å². The van der Waals surface area contributed by atoms with Crippen LogP contribution in [0.5, 0.6) is 0 Å². The zero-order chi connectivity index (χ0) is 9.73. The van der Waals surface area contributed by atoms with Crippen LogP contribution in [0.1, 0.15) is 26.7 Å². The Hall–Kier alpha value is 0.210. The third-order valence-corrected chi connectivity index (χ3v) is 3.04. The minimum absolute atomic E-state index is 0.338. The van der Waals surface area contributed by atoms with Gasteiger partial charge < -0.3 is 10.1 Å². The van der Waals surface area contributed by atoms with Crippen LogP contribution in [-0.2, 0) is 4.74 Å². The summed E-state index contributed by atoms with van der Waals surface area (Å²) in [5.74, 6) is 0.797. The van der Waals surface area contributed by atoms with E-state index in [9.17, 15) is 0 Å². The highest BCUT2D eigenvalue weighted by molar-refractivity contribution is 6.18. The van der Waals surface area contributed by atoms with Crippen molar-refractivity contribution >= 4 is 11.6 Å². The topological polar surface area (TPSA) is 21.3 Å². The van der Waals surface area contributed by atoms with Crippen LogP contribution in [0.2, 0.25) is 0 Å². The Morgan fingerprint density at radius 3 is 2.62 bits per heavy atom. The number of halogens is 1. The van der Waals surface area contributed by atoms with Gasteiger partial charge in [0.1, 0.15) is 0 Å². The first-order chi connectivity index (χ1) is 6.18. The molecule has 1 saturated carbocycles. The summed E-state index contributed by atoms with van der Waals surface area (Å²) in [6.07, 6.45) is 2.91. The third kappa shape index (κ3) is 4.30. The summed E-state index contributed by atoms with van der Waals surface area (Å²) in [7, 11) is 0. The predicted molar refractivity (Wildman–Crippen MR) is 56.3 cm³/mol. The first kappa shape index (κ1) is 11.3. The van der Waals surface area contributed by atoms with Gasteiger partial charge in [0.25, 0.3) is 0 Å². The molecule has 0 heterocycles. The zero-order valence-corrected chi connectivity index (χ0v) is 9.36. The quantitative estimate of drug-likeness (QED) is 0.507. The van der Waals surface area contributed by atoms with E-state index in [2.05, 4.69) is 19.2 Å². The van der Waals surface area contributed by atoms with Gasteiger partial charge in [0, 0.05) is 19.0 Å². The molecule has 0 saturated heterocycles. The van der Waals surface area contributed by atoms with Crippen LogP contribution in [0.15, 0.2) is 0 Å². The standard InChI is InChI=1S/C10H20ClNO/c1-9(2)13-6-5-12-8-10(7-11)3-4-10/h9,12H,3-8H2,1-2H3. The largest absolute Gasteiger partial charge is 0.377 e. The van der Waals surface area contributed by atoms with Crippen molar-refractivity contribution in [3.8, 4) is 0 Å². The van der Waals surface area contributed by atoms with Gasteiger partial charge >= 0.3 is 0 Å². The number of hydrogen-bond acceptors (Lipinski definition) is 2. The molecule has 3 heteroatoms. The van der Waals surface area contributed by atoms with Crippen molar-refractivity contribution in [3.63, 3.8) is 0 Å². The van der Waals surface area contributed by atoms with E-state index in [-0.39, 0.29) is 0 Å². The summed E-state index contributed by atoms with van der Waals surface area (Å²) < 4.78 is 5.42. The molecule has 1 aliphatic rings. The van der Waals surface area contributed by atoms with Gasteiger partial charge in [-0.15, -0.1) is 11.6 Å². The Kier molecular flexibility index (Phi) is 4.50. The van der Waals surface area contributed by atoms with Crippen molar-refractivity contribution in [3.05, 3.63) is 0 Å². The van der Waals surface area contributed by atoms with E-state index in [1.807, 2.05) is 0 Å². The van der Waals surface area contributed by atoms with Crippen LogP contribution in [0.25, 0.3) is 0 Å². The molecule has 0 aromatic heterocycles. The molecular formula is C10H20ClNO. The van der Waals surface area contributed by atoms with Gasteiger partial charge in [-0.25, -0.2) is 0 Å². The van der Waals surface area contributed by atoms with Crippen molar-refractivity contribution in [1.82, 2.24) is 5.32 Å². The molecule has 1 N–H and O–H groups in total. The van der Waals surface area contributed by atoms with Gasteiger partial charge in [-0.3, -0.25) is 0 Å². The molecule has 0 aromatic rings. The second kappa shape index (κ2) is 5.18. The van der Waals surface area contributed by atoms with Gasteiger partial charge in [-0.1, -0.05) is 0 Å². The number of alkyl halides is 1. The molecule has 1 fully saturated rings. The smallest absolute Gasteiger partial charge is 0.0594 e. The van der Waals surface area contributed by atoms with Crippen LogP contribution in [-0.4, -0.2) is 31.7 Å². The molecule has 1 aliphatic carbocycles. The Bertz CT molecular complexity index is 146. The predicted octanol–water partition coefficient (Wildman–Crippen LogP) is 2.02. The van der Waals surface area contributed by atoms with E-state index in [0.29, 0.717) is 11.5 Å². The lowest BCUT2D eigenvalue weighted by molar-refractivity contribution is 0.0803. The van der Waals surface area contributed by atoms with E-state index >= 15 is 0 Å². The van der Waals surface area contributed by atoms with E-state index in [0.717, 1.165) is 25.6 Å². The summed E-state index contributed by atoms with van der Waals surface area (Å²) in [5, 5.41) is 3.38. The van der Waals surface area contributed by atoms with Crippen molar-refractivity contribution in [2.75, 3.05) is 25.6 Å². The molecule has 0 unspecified atom stereocenters. The summed E-state index contributed by atoms with van der Waals surface area (Å²) in [5.41, 5.74) is 0.430. The molecule has 2 nitrogen and oxygen atoms in total. The molecule has 0 amide bonds. The lowest BCUT2D eigenvalue weighted by atomic mass is 10.1. The number of nitrogens with one attached hydrogen (secondary N) is 1. The van der Waals surface area contributed by atoms with Crippen LogP contribution in [0.3, 0.4) is 0 Å². The molecule has 1 rings (SSSR count). The molecule has 0 aromatic carbocycles. The Labute approximate surface area is 86.0 Å². The van der Waals surface area contributed by atoms with Crippen molar-refractivity contribution in [2.45, 2.75) is 32.8 Å². The number of hydrogen-bond donors (Lipinski definition) is 1. The molecule has 78 valence electrons. The monoisotopic (exact) mass is 205 g/mol. The van der Waals surface area contributed by atoms with Crippen molar-refractivity contribution in [1.29, 1.82) is 0 Å². The molecule has 0 spiro atoms. The molecular weight excluding hydrogens is 186 g/mol. The lowest BCUT2D eigenvalue weighted by Crippen LogP contribution is -2.28. The van der Waals surface area contributed by atoms with Crippen LogP contribution < -0.4 is 5.32 Å². The average Bonchev–Trinajstić information content (AvgIpc) is 2.84. The van der Waals surface area contributed by atoms with Crippen molar-refractivity contribution < 1.29 is 4.74 Å². The first-order valence-electron chi connectivity index (χ1n) is 5.07. The van der Waals surface area contributed by atoms with E-state index < -0.39 is 0 Å². The van der Waals surface area contributed by atoms with Crippen LogP contribution in [0, 0.1) is 5.41 Å². The maximum atomic E-state index is 5.85. The normalized spacial score (nSPS) is 19.4. The summed E-state index contributed by atoms with van der Waals surface area (Å²) in [6, 6.07) is 0. The highest BCUT2D eigenvalue weighted by Gasteiger charge is 2.40. The van der Waals surface area contributed by atoms with Gasteiger partial charge in [0.15, 0.2) is 0 Å². The fourth-order valence-corrected chi connectivity index (χ4v) is 1.62. The number of rotatable bonds is 7. The Balaban J connectivity index is 1.90. The Morgan fingerprint density at radius 2 is 2.15 bits per heavy atom. The van der Waals surface area contributed by atoms with Crippen LogP contribution >= 0.6 is 11.6 Å². The molecule has 0 radical (unpaired) electrons. The highest BCUT2D eigenvalue weighted by Crippen LogP contribution is 2.45. The molecule has 0 bridgehead atoms. The van der Waals surface area contributed by atoms with Gasteiger partial charge in [-0.05, 0) is 32.1 Å². The fourth-order valence-electron chi connectivity index (χ4n) is 1.25. The second-order valence-corrected chi connectivity index (χ2v) is 4.50. The second-order valence-electron chi connectivity index (χ2n) is 4.23. The third-order valence-electron chi connectivity index (χ3n) is 2.47. The minimum Gasteiger partial charge on any atom is -0.377 e. The maximum absolute atomic E-state index is 5.85.